The lowest BCUT2D eigenvalue weighted by Crippen LogP contribution is -2.39. The van der Waals surface area contributed by atoms with E-state index in [4.69, 9.17) is 34.8 Å². The Balaban J connectivity index is 1.78. The van der Waals surface area contributed by atoms with E-state index in [1.165, 1.54) is 30.5 Å². The number of carbonyl (C=O) groups excluding carboxylic acids is 1. The van der Waals surface area contributed by atoms with Crippen LogP contribution in [0.3, 0.4) is 0 Å². The van der Waals surface area contributed by atoms with Gasteiger partial charge in [0, 0.05) is 16.0 Å². The number of nitrogens with one attached hydrogen (secondary N) is 1. The van der Waals surface area contributed by atoms with Crippen molar-refractivity contribution in [3.05, 3.63) is 97.4 Å². The Morgan fingerprint density at radius 1 is 0.970 bits per heavy atom. The maximum atomic E-state index is 13.2. The standard InChI is InChI=1S/C22H17BrCl3N3O3S/c23-17-4-1-15(2-5-17)13-29(33(31,32)19-8-6-18(24)7-9-19)14-22(30)28-27-12-16-3-10-20(25)21(26)11-16/h1-12H,13-14H2,(H,28,30)/b27-12-. The quantitative estimate of drug-likeness (QED) is 0.269. The molecule has 172 valence electrons. The monoisotopic (exact) mass is 587 g/mol. The number of halogens is 4. The molecule has 0 fully saturated rings. The molecule has 33 heavy (non-hydrogen) atoms. The van der Waals surface area contributed by atoms with Gasteiger partial charge in [0.1, 0.15) is 0 Å². The molecular weight excluding hydrogens is 573 g/mol. The van der Waals surface area contributed by atoms with Gasteiger partial charge in [-0.2, -0.15) is 9.41 Å². The molecule has 0 saturated carbocycles. The number of rotatable bonds is 8. The topological polar surface area (TPSA) is 78.8 Å². The molecule has 0 saturated heterocycles. The zero-order valence-corrected chi connectivity index (χ0v) is 21.6. The summed E-state index contributed by atoms with van der Waals surface area (Å²) in [4.78, 5) is 12.6. The first-order valence-corrected chi connectivity index (χ1v) is 12.8. The molecule has 0 aliphatic rings. The van der Waals surface area contributed by atoms with Gasteiger partial charge < -0.3 is 0 Å². The molecule has 0 radical (unpaired) electrons. The van der Waals surface area contributed by atoms with Gasteiger partial charge in [-0.25, -0.2) is 13.8 Å². The fourth-order valence-corrected chi connectivity index (χ4v) is 4.82. The van der Waals surface area contributed by atoms with Crippen molar-refractivity contribution in [2.75, 3.05) is 6.54 Å². The number of amides is 1. The van der Waals surface area contributed by atoms with Gasteiger partial charge in [0.15, 0.2) is 0 Å². The summed E-state index contributed by atoms with van der Waals surface area (Å²) < 4.78 is 28.4. The molecular formula is C22H17BrCl3N3O3S. The van der Waals surface area contributed by atoms with E-state index in [1.54, 1.807) is 42.5 Å². The van der Waals surface area contributed by atoms with E-state index >= 15 is 0 Å². The Labute approximate surface area is 215 Å². The van der Waals surface area contributed by atoms with Crippen LogP contribution in [-0.4, -0.2) is 31.4 Å². The molecule has 0 heterocycles. The van der Waals surface area contributed by atoms with Crippen LogP contribution in [0.1, 0.15) is 11.1 Å². The van der Waals surface area contributed by atoms with Crippen LogP contribution in [0, 0.1) is 0 Å². The molecule has 0 aromatic heterocycles. The van der Waals surface area contributed by atoms with Crippen molar-refractivity contribution in [1.29, 1.82) is 0 Å². The summed E-state index contributed by atoms with van der Waals surface area (Å²) in [5.74, 6) is -0.610. The molecule has 3 aromatic rings. The number of carbonyl (C=O) groups is 1. The van der Waals surface area contributed by atoms with E-state index < -0.39 is 22.5 Å². The van der Waals surface area contributed by atoms with Gasteiger partial charge in [-0.3, -0.25) is 4.79 Å². The third kappa shape index (κ3) is 7.27. The largest absolute Gasteiger partial charge is 0.272 e. The van der Waals surface area contributed by atoms with Crippen LogP contribution < -0.4 is 5.43 Å². The normalized spacial score (nSPS) is 11.8. The van der Waals surface area contributed by atoms with Crippen LogP contribution in [0.25, 0.3) is 0 Å². The number of benzene rings is 3. The van der Waals surface area contributed by atoms with Crippen LogP contribution in [0.4, 0.5) is 0 Å². The SMILES string of the molecule is O=C(CN(Cc1ccc(Br)cc1)S(=O)(=O)c1ccc(Cl)cc1)N/N=C\c1ccc(Cl)c(Cl)c1. The maximum absolute atomic E-state index is 13.2. The maximum Gasteiger partial charge on any atom is 0.255 e. The Hall–Kier alpha value is -1.94. The number of hydrogen-bond donors (Lipinski definition) is 1. The van der Waals surface area contributed by atoms with Crippen molar-refractivity contribution < 1.29 is 13.2 Å². The highest BCUT2D eigenvalue weighted by Gasteiger charge is 2.27. The first kappa shape index (κ1) is 25.7. The zero-order valence-electron chi connectivity index (χ0n) is 16.9. The highest BCUT2D eigenvalue weighted by Crippen LogP contribution is 2.22. The van der Waals surface area contributed by atoms with Crippen molar-refractivity contribution in [2.24, 2.45) is 5.10 Å². The summed E-state index contributed by atoms with van der Waals surface area (Å²) in [6, 6.07) is 17.8. The fourth-order valence-electron chi connectivity index (χ4n) is 2.74. The summed E-state index contributed by atoms with van der Waals surface area (Å²) in [5.41, 5.74) is 3.67. The van der Waals surface area contributed by atoms with E-state index in [-0.39, 0.29) is 11.4 Å². The van der Waals surface area contributed by atoms with Crippen molar-refractivity contribution >= 4 is 72.9 Å². The minimum atomic E-state index is -3.99. The number of nitrogens with zero attached hydrogens (tertiary/aromatic N) is 2. The lowest BCUT2D eigenvalue weighted by atomic mass is 10.2. The van der Waals surface area contributed by atoms with Crippen LogP contribution in [-0.2, 0) is 21.4 Å². The van der Waals surface area contributed by atoms with E-state index in [0.717, 1.165) is 8.78 Å². The fraction of sp³-hybridized carbons (Fsp3) is 0.0909. The van der Waals surface area contributed by atoms with Crippen LogP contribution in [0.2, 0.25) is 15.1 Å². The Morgan fingerprint density at radius 2 is 1.64 bits per heavy atom. The Bertz CT molecular complexity index is 1270. The van der Waals surface area contributed by atoms with Crippen molar-refractivity contribution in [2.45, 2.75) is 11.4 Å². The molecule has 0 bridgehead atoms. The second kappa shape index (κ2) is 11.5. The summed E-state index contributed by atoms with van der Waals surface area (Å²) in [6.07, 6.45) is 1.38. The van der Waals surface area contributed by atoms with E-state index in [0.29, 0.717) is 26.2 Å². The molecule has 6 nitrogen and oxygen atoms in total. The van der Waals surface area contributed by atoms with Gasteiger partial charge in [-0.05, 0) is 59.7 Å². The Kier molecular flexibility index (Phi) is 8.92. The first-order chi connectivity index (χ1) is 15.6. The number of hydrogen-bond acceptors (Lipinski definition) is 4. The molecule has 3 rings (SSSR count). The van der Waals surface area contributed by atoms with Gasteiger partial charge in [0.25, 0.3) is 5.91 Å². The predicted molar refractivity (Wildman–Crippen MR) is 135 cm³/mol. The van der Waals surface area contributed by atoms with Gasteiger partial charge >= 0.3 is 0 Å². The van der Waals surface area contributed by atoms with E-state index in [2.05, 4.69) is 26.5 Å². The average molecular weight is 590 g/mol. The molecule has 11 heteroatoms. The lowest BCUT2D eigenvalue weighted by molar-refractivity contribution is -0.121. The van der Waals surface area contributed by atoms with Gasteiger partial charge in [0.05, 0.1) is 27.7 Å². The van der Waals surface area contributed by atoms with Crippen LogP contribution >= 0.6 is 50.7 Å². The molecule has 1 amide bonds. The van der Waals surface area contributed by atoms with E-state index in [9.17, 15) is 13.2 Å². The third-order valence-corrected chi connectivity index (χ3v) is 7.72. The second-order valence-electron chi connectivity index (χ2n) is 6.82. The van der Waals surface area contributed by atoms with Crippen LogP contribution in [0.15, 0.2) is 81.2 Å². The summed E-state index contributed by atoms with van der Waals surface area (Å²) in [7, 11) is -3.99. The minimum absolute atomic E-state index is 0.0117. The van der Waals surface area contributed by atoms with Gasteiger partial charge in [-0.1, -0.05) is 68.9 Å². The smallest absolute Gasteiger partial charge is 0.255 e. The second-order valence-corrected chi connectivity index (χ2v) is 10.9. The zero-order chi connectivity index (χ0) is 24.0. The number of hydrazone groups is 1. The molecule has 0 aliphatic carbocycles. The van der Waals surface area contributed by atoms with Gasteiger partial charge in [0.2, 0.25) is 10.0 Å². The van der Waals surface area contributed by atoms with E-state index in [1.807, 2.05) is 0 Å². The molecule has 0 spiro atoms. The lowest BCUT2D eigenvalue weighted by Gasteiger charge is -2.21. The molecule has 0 atom stereocenters. The molecule has 3 aromatic carbocycles. The minimum Gasteiger partial charge on any atom is -0.272 e. The average Bonchev–Trinajstić information content (AvgIpc) is 2.77. The Morgan fingerprint density at radius 3 is 2.27 bits per heavy atom. The number of sulfonamides is 1. The van der Waals surface area contributed by atoms with Crippen molar-refractivity contribution in [3.8, 4) is 0 Å². The van der Waals surface area contributed by atoms with Gasteiger partial charge in [-0.15, -0.1) is 0 Å². The molecule has 0 unspecified atom stereocenters. The summed E-state index contributed by atoms with van der Waals surface area (Å²) >= 11 is 21.1. The highest BCUT2D eigenvalue weighted by atomic mass is 79.9. The molecule has 1 N–H and O–H groups in total. The third-order valence-electron chi connectivity index (χ3n) is 4.39. The predicted octanol–water partition coefficient (Wildman–Crippen LogP) is 5.75. The summed E-state index contributed by atoms with van der Waals surface area (Å²) in [6.45, 7) is -0.456. The first-order valence-electron chi connectivity index (χ1n) is 9.42. The van der Waals surface area contributed by atoms with Crippen LogP contribution in [0.5, 0.6) is 0 Å². The summed E-state index contributed by atoms with van der Waals surface area (Å²) in [5, 5.41) is 5.03. The van der Waals surface area contributed by atoms with Crippen molar-refractivity contribution in [1.82, 2.24) is 9.73 Å². The van der Waals surface area contributed by atoms with Crippen molar-refractivity contribution in [3.63, 3.8) is 0 Å². The molecule has 0 aliphatic heterocycles. The highest BCUT2D eigenvalue weighted by molar-refractivity contribution is 9.10.